The van der Waals surface area contributed by atoms with Crippen molar-refractivity contribution in [1.29, 1.82) is 0 Å². The van der Waals surface area contributed by atoms with E-state index in [2.05, 4.69) is 5.32 Å². The van der Waals surface area contributed by atoms with Gasteiger partial charge in [0.25, 0.3) is 0 Å². The topological polar surface area (TPSA) is 55.1 Å². The van der Waals surface area contributed by atoms with Gasteiger partial charge in [-0.2, -0.15) is 0 Å². The molecule has 18 heavy (non-hydrogen) atoms. The van der Waals surface area contributed by atoms with Gasteiger partial charge in [0.15, 0.2) is 0 Å². The first kappa shape index (κ1) is 13.1. The molecule has 0 heterocycles. The van der Waals surface area contributed by atoms with Crippen LogP contribution in [0.25, 0.3) is 0 Å². The Balaban J connectivity index is 1.94. The van der Waals surface area contributed by atoms with Crippen LogP contribution in [0.3, 0.4) is 0 Å². The van der Waals surface area contributed by atoms with Gasteiger partial charge in [0.1, 0.15) is 5.54 Å². The fraction of sp³-hybridized carbons (Fsp3) is 0.533. The van der Waals surface area contributed by atoms with E-state index in [0.717, 1.165) is 12.1 Å². The Hall–Kier alpha value is -1.35. The van der Waals surface area contributed by atoms with Crippen LogP contribution in [-0.2, 0) is 10.3 Å². The predicted molar refractivity (Wildman–Crippen MR) is 72.9 cm³/mol. The van der Waals surface area contributed by atoms with Crippen LogP contribution in [0.2, 0.25) is 0 Å². The van der Waals surface area contributed by atoms with Crippen molar-refractivity contribution in [3.8, 4) is 0 Å². The maximum absolute atomic E-state index is 12.2. The molecule has 1 amide bonds. The highest BCUT2D eigenvalue weighted by molar-refractivity contribution is 5.86. The van der Waals surface area contributed by atoms with Gasteiger partial charge in [-0.25, -0.2) is 0 Å². The molecule has 1 saturated carbocycles. The average molecular weight is 246 g/mol. The number of hydrogen-bond donors (Lipinski definition) is 2. The maximum atomic E-state index is 12.2. The van der Waals surface area contributed by atoms with E-state index >= 15 is 0 Å². The van der Waals surface area contributed by atoms with Crippen LogP contribution in [0.5, 0.6) is 0 Å². The van der Waals surface area contributed by atoms with Gasteiger partial charge in [-0.1, -0.05) is 43.2 Å². The van der Waals surface area contributed by atoms with Gasteiger partial charge in [-0.15, -0.1) is 0 Å². The van der Waals surface area contributed by atoms with Crippen molar-refractivity contribution in [2.24, 2.45) is 11.7 Å². The van der Waals surface area contributed by atoms with Gasteiger partial charge < -0.3 is 11.1 Å². The van der Waals surface area contributed by atoms with Crippen LogP contribution in [0, 0.1) is 5.92 Å². The molecule has 1 aliphatic carbocycles. The Kier molecular flexibility index (Phi) is 4.02. The average Bonchev–Trinajstić information content (AvgIpc) is 2.90. The molecule has 3 heteroatoms. The van der Waals surface area contributed by atoms with Crippen LogP contribution in [0.15, 0.2) is 30.3 Å². The number of carbonyl (C=O) groups is 1. The number of nitrogens with two attached hydrogens (primary N) is 1. The second-order valence-electron chi connectivity index (χ2n) is 5.43. The predicted octanol–water partition coefficient (Wildman–Crippen LogP) is 2.17. The molecule has 1 fully saturated rings. The first-order valence-corrected chi connectivity index (χ1v) is 6.73. The molecule has 98 valence electrons. The molecule has 1 aliphatic rings. The van der Waals surface area contributed by atoms with E-state index in [1.54, 1.807) is 6.92 Å². The van der Waals surface area contributed by atoms with Crippen molar-refractivity contribution in [3.63, 3.8) is 0 Å². The zero-order valence-corrected chi connectivity index (χ0v) is 11.0. The molecule has 0 aromatic heterocycles. The van der Waals surface area contributed by atoms with Crippen molar-refractivity contribution < 1.29 is 4.79 Å². The van der Waals surface area contributed by atoms with E-state index in [0.29, 0.717) is 5.92 Å². The third-order valence-electron chi connectivity index (χ3n) is 3.87. The Labute approximate surface area is 109 Å². The summed E-state index contributed by atoms with van der Waals surface area (Å²) in [7, 11) is 0. The van der Waals surface area contributed by atoms with Gasteiger partial charge >= 0.3 is 0 Å². The first-order valence-electron chi connectivity index (χ1n) is 6.73. The summed E-state index contributed by atoms with van der Waals surface area (Å²) in [6, 6.07) is 9.54. The van der Waals surface area contributed by atoms with E-state index in [1.165, 1.54) is 25.7 Å². The second-order valence-corrected chi connectivity index (χ2v) is 5.43. The van der Waals surface area contributed by atoms with Crippen LogP contribution in [-0.4, -0.2) is 12.5 Å². The largest absolute Gasteiger partial charge is 0.354 e. The molecule has 0 spiro atoms. The third kappa shape index (κ3) is 2.91. The number of hydrogen-bond acceptors (Lipinski definition) is 2. The molecule has 2 rings (SSSR count). The second kappa shape index (κ2) is 5.53. The van der Waals surface area contributed by atoms with E-state index in [-0.39, 0.29) is 5.91 Å². The summed E-state index contributed by atoms with van der Waals surface area (Å²) in [5.41, 5.74) is 6.07. The molecule has 1 aromatic rings. The lowest BCUT2D eigenvalue weighted by Crippen LogP contribution is -2.49. The molecule has 3 N–H and O–H groups in total. The molecule has 1 unspecified atom stereocenters. The zero-order valence-electron chi connectivity index (χ0n) is 11.0. The van der Waals surface area contributed by atoms with Gasteiger partial charge in [-0.05, 0) is 31.2 Å². The Morgan fingerprint density at radius 2 is 1.94 bits per heavy atom. The van der Waals surface area contributed by atoms with Gasteiger partial charge in [-0.3, -0.25) is 4.79 Å². The minimum absolute atomic E-state index is 0.0828. The van der Waals surface area contributed by atoms with E-state index < -0.39 is 5.54 Å². The Morgan fingerprint density at radius 1 is 1.33 bits per heavy atom. The van der Waals surface area contributed by atoms with Gasteiger partial charge in [0, 0.05) is 6.54 Å². The fourth-order valence-electron chi connectivity index (χ4n) is 2.55. The monoisotopic (exact) mass is 246 g/mol. The molecular formula is C15H22N2O. The standard InChI is InChI=1S/C15H22N2O/c1-15(16,13-9-3-2-4-10-13)14(18)17-11-12-7-5-6-8-12/h2-4,9-10,12H,5-8,11,16H2,1H3,(H,17,18). The third-order valence-corrected chi connectivity index (χ3v) is 3.87. The summed E-state index contributed by atoms with van der Waals surface area (Å²) in [4.78, 5) is 12.2. The lowest BCUT2D eigenvalue weighted by Gasteiger charge is -2.25. The number of nitrogens with one attached hydrogen (secondary N) is 1. The lowest BCUT2D eigenvalue weighted by molar-refractivity contribution is -0.126. The van der Waals surface area contributed by atoms with Crippen LogP contribution < -0.4 is 11.1 Å². The van der Waals surface area contributed by atoms with Crippen molar-refractivity contribution in [1.82, 2.24) is 5.32 Å². The number of benzene rings is 1. The molecule has 0 aliphatic heterocycles. The molecule has 1 aromatic carbocycles. The summed E-state index contributed by atoms with van der Waals surface area (Å²) in [6.07, 6.45) is 5.04. The van der Waals surface area contributed by atoms with Crippen molar-refractivity contribution >= 4 is 5.91 Å². The smallest absolute Gasteiger partial charge is 0.244 e. The molecular weight excluding hydrogens is 224 g/mol. The van der Waals surface area contributed by atoms with E-state index in [1.807, 2.05) is 30.3 Å². The minimum atomic E-state index is -0.945. The van der Waals surface area contributed by atoms with Crippen molar-refractivity contribution in [3.05, 3.63) is 35.9 Å². The Morgan fingerprint density at radius 3 is 2.56 bits per heavy atom. The highest BCUT2D eigenvalue weighted by Crippen LogP contribution is 2.24. The Bertz CT molecular complexity index is 394. The fourth-order valence-corrected chi connectivity index (χ4v) is 2.55. The lowest BCUT2D eigenvalue weighted by atomic mass is 9.92. The normalized spacial score (nSPS) is 19.4. The maximum Gasteiger partial charge on any atom is 0.244 e. The van der Waals surface area contributed by atoms with Crippen molar-refractivity contribution in [2.45, 2.75) is 38.1 Å². The first-order chi connectivity index (χ1) is 8.60. The molecule has 0 bridgehead atoms. The van der Waals surface area contributed by atoms with E-state index in [9.17, 15) is 4.79 Å². The minimum Gasteiger partial charge on any atom is -0.354 e. The number of rotatable bonds is 4. The SMILES string of the molecule is CC(N)(C(=O)NCC1CCCC1)c1ccccc1. The molecule has 3 nitrogen and oxygen atoms in total. The summed E-state index contributed by atoms with van der Waals surface area (Å²) in [5.74, 6) is 0.557. The summed E-state index contributed by atoms with van der Waals surface area (Å²) in [6.45, 7) is 2.53. The quantitative estimate of drug-likeness (QED) is 0.855. The highest BCUT2D eigenvalue weighted by Gasteiger charge is 2.30. The zero-order chi connectivity index (χ0) is 13.0. The van der Waals surface area contributed by atoms with Crippen molar-refractivity contribution in [2.75, 3.05) is 6.54 Å². The van der Waals surface area contributed by atoms with Crippen LogP contribution in [0.1, 0.15) is 38.2 Å². The number of carbonyl (C=O) groups excluding carboxylic acids is 1. The molecule has 1 atom stereocenters. The molecule has 0 radical (unpaired) electrons. The number of amides is 1. The summed E-state index contributed by atoms with van der Waals surface area (Å²) < 4.78 is 0. The van der Waals surface area contributed by atoms with Crippen LogP contribution >= 0.6 is 0 Å². The van der Waals surface area contributed by atoms with Crippen LogP contribution in [0.4, 0.5) is 0 Å². The summed E-state index contributed by atoms with van der Waals surface area (Å²) >= 11 is 0. The highest BCUT2D eigenvalue weighted by atomic mass is 16.2. The summed E-state index contributed by atoms with van der Waals surface area (Å²) in [5, 5.41) is 3.00. The van der Waals surface area contributed by atoms with Gasteiger partial charge in [0.05, 0.1) is 0 Å². The van der Waals surface area contributed by atoms with E-state index in [4.69, 9.17) is 5.73 Å². The van der Waals surface area contributed by atoms with Gasteiger partial charge in [0.2, 0.25) is 5.91 Å². The molecule has 0 saturated heterocycles.